The van der Waals surface area contributed by atoms with Gasteiger partial charge in [0, 0.05) is 13.0 Å². The van der Waals surface area contributed by atoms with Crippen LogP contribution in [0.2, 0.25) is 0 Å². The number of hydrogen-bond acceptors (Lipinski definition) is 2. The molecule has 2 heterocycles. The molecule has 2 aromatic rings. The normalized spacial score (nSPS) is 18.4. The van der Waals surface area contributed by atoms with Gasteiger partial charge in [0.05, 0.1) is 17.9 Å². The van der Waals surface area contributed by atoms with Gasteiger partial charge in [-0.25, -0.2) is 4.98 Å². The molecule has 3 rings (SSSR count). The Morgan fingerprint density at radius 2 is 2.09 bits per heavy atom. The Bertz CT molecular complexity index is 648. The number of hydrogen-bond donors (Lipinski definition) is 1. The number of carbonyl (C=O) groups is 1. The molecule has 23 heavy (non-hydrogen) atoms. The fraction of sp³-hybridized carbons (Fsp3) is 0.474. The summed E-state index contributed by atoms with van der Waals surface area (Å²) in [5, 5.41) is 0. The molecule has 0 aliphatic carbocycles. The van der Waals surface area contributed by atoms with Crippen molar-refractivity contribution in [3.8, 4) is 11.3 Å². The number of aromatic nitrogens is 2. The molecule has 1 N–H and O–H groups in total. The zero-order valence-corrected chi connectivity index (χ0v) is 14.0. The number of nitrogens with zero attached hydrogens (tertiary/aromatic N) is 2. The lowest BCUT2D eigenvalue weighted by Crippen LogP contribution is -2.39. The predicted molar refractivity (Wildman–Crippen MR) is 91.8 cm³/mol. The molecule has 1 aliphatic rings. The van der Waals surface area contributed by atoms with Crippen molar-refractivity contribution >= 4 is 5.91 Å². The second kappa shape index (κ2) is 6.99. The molecule has 4 nitrogen and oxygen atoms in total. The number of aromatic amines is 1. The van der Waals surface area contributed by atoms with E-state index in [0.717, 1.165) is 42.9 Å². The first-order chi connectivity index (χ1) is 11.1. The van der Waals surface area contributed by atoms with Crippen LogP contribution in [0.25, 0.3) is 11.3 Å². The number of imidazole rings is 1. The zero-order valence-electron chi connectivity index (χ0n) is 14.0. The Kier molecular flexibility index (Phi) is 4.79. The van der Waals surface area contributed by atoms with Crippen molar-refractivity contribution in [3.63, 3.8) is 0 Å². The fourth-order valence-corrected chi connectivity index (χ4v) is 3.25. The number of benzene rings is 1. The van der Waals surface area contributed by atoms with Crippen molar-refractivity contribution in [1.29, 1.82) is 0 Å². The highest BCUT2D eigenvalue weighted by Gasteiger charge is 2.30. The minimum Gasteiger partial charge on any atom is -0.340 e. The highest BCUT2D eigenvalue weighted by Crippen LogP contribution is 2.31. The SMILES string of the molecule is CC(C)CC(=O)N1CCCCC1c1ncc(-c2ccccc2)[nH]1. The summed E-state index contributed by atoms with van der Waals surface area (Å²) in [7, 11) is 0. The third-order valence-corrected chi connectivity index (χ3v) is 4.40. The maximum Gasteiger partial charge on any atom is 0.223 e. The molecule has 0 saturated carbocycles. The molecular formula is C19H25N3O. The van der Waals surface area contributed by atoms with Crippen molar-refractivity contribution in [2.45, 2.75) is 45.6 Å². The van der Waals surface area contributed by atoms with Gasteiger partial charge in [-0.05, 0) is 30.7 Å². The lowest BCUT2D eigenvalue weighted by molar-refractivity contribution is -0.136. The Labute approximate surface area is 137 Å². The van der Waals surface area contributed by atoms with E-state index in [1.54, 1.807) is 0 Å². The van der Waals surface area contributed by atoms with Gasteiger partial charge in [0.2, 0.25) is 5.91 Å². The average molecular weight is 311 g/mol. The van der Waals surface area contributed by atoms with Crippen molar-refractivity contribution in [2.75, 3.05) is 6.54 Å². The van der Waals surface area contributed by atoms with Crippen molar-refractivity contribution in [3.05, 3.63) is 42.4 Å². The minimum absolute atomic E-state index is 0.0902. The fourth-order valence-electron chi connectivity index (χ4n) is 3.25. The molecule has 1 saturated heterocycles. The molecule has 1 atom stereocenters. The molecule has 1 aromatic carbocycles. The van der Waals surface area contributed by atoms with E-state index >= 15 is 0 Å². The van der Waals surface area contributed by atoms with Gasteiger partial charge in [-0.2, -0.15) is 0 Å². The van der Waals surface area contributed by atoms with E-state index in [0.29, 0.717) is 12.3 Å². The van der Waals surface area contributed by atoms with Gasteiger partial charge in [0.1, 0.15) is 5.82 Å². The van der Waals surface area contributed by atoms with Crippen molar-refractivity contribution < 1.29 is 4.79 Å². The van der Waals surface area contributed by atoms with Gasteiger partial charge in [-0.15, -0.1) is 0 Å². The molecule has 1 fully saturated rings. The van der Waals surface area contributed by atoms with Gasteiger partial charge in [-0.3, -0.25) is 4.79 Å². The van der Waals surface area contributed by atoms with E-state index < -0.39 is 0 Å². The molecule has 0 bridgehead atoms. The molecule has 1 amide bonds. The molecular weight excluding hydrogens is 286 g/mol. The van der Waals surface area contributed by atoms with Gasteiger partial charge in [0.15, 0.2) is 0 Å². The number of amides is 1. The van der Waals surface area contributed by atoms with E-state index in [-0.39, 0.29) is 11.9 Å². The maximum atomic E-state index is 12.6. The molecule has 122 valence electrons. The third kappa shape index (κ3) is 3.63. The molecule has 0 radical (unpaired) electrons. The van der Waals surface area contributed by atoms with Crippen LogP contribution in [-0.4, -0.2) is 27.3 Å². The van der Waals surface area contributed by atoms with E-state index in [2.05, 4.69) is 35.9 Å². The summed E-state index contributed by atoms with van der Waals surface area (Å²) in [6.07, 6.45) is 5.72. The van der Waals surface area contributed by atoms with Crippen LogP contribution >= 0.6 is 0 Å². The summed E-state index contributed by atoms with van der Waals surface area (Å²) in [6, 6.07) is 10.3. The average Bonchev–Trinajstić information content (AvgIpc) is 3.05. The van der Waals surface area contributed by atoms with Crippen LogP contribution < -0.4 is 0 Å². The number of rotatable bonds is 4. The minimum atomic E-state index is 0.0902. The largest absolute Gasteiger partial charge is 0.340 e. The Morgan fingerprint density at radius 1 is 1.30 bits per heavy atom. The first-order valence-corrected chi connectivity index (χ1v) is 8.55. The second-order valence-electron chi connectivity index (χ2n) is 6.74. The lowest BCUT2D eigenvalue weighted by atomic mass is 9.99. The number of nitrogens with one attached hydrogen (secondary N) is 1. The summed E-state index contributed by atoms with van der Waals surface area (Å²) in [6.45, 7) is 5.03. The van der Waals surface area contributed by atoms with Crippen molar-refractivity contribution in [1.82, 2.24) is 14.9 Å². The highest BCUT2D eigenvalue weighted by atomic mass is 16.2. The topological polar surface area (TPSA) is 49.0 Å². The van der Waals surface area contributed by atoms with E-state index in [1.165, 1.54) is 0 Å². The van der Waals surface area contributed by atoms with Gasteiger partial charge in [-0.1, -0.05) is 44.2 Å². The van der Waals surface area contributed by atoms with Gasteiger partial charge in [0.25, 0.3) is 0 Å². The summed E-state index contributed by atoms with van der Waals surface area (Å²) in [4.78, 5) is 22.6. The Morgan fingerprint density at radius 3 is 2.83 bits per heavy atom. The van der Waals surface area contributed by atoms with Crippen LogP contribution in [0.1, 0.15) is 51.4 Å². The summed E-state index contributed by atoms with van der Waals surface area (Å²) in [5.41, 5.74) is 2.14. The zero-order chi connectivity index (χ0) is 16.2. The number of carbonyl (C=O) groups excluding carboxylic acids is 1. The van der Waals surface area contributed by atoms with Crippen molar-refractivity contribution in [2.24, 2.45) is 5.92 Å². The Balaban J connectivity index is 1.81. The first kappa shape index (κ1) is 15.8. The van der Waals surface area contributed by atoms with E-state index in [1.807, 2.05) is 29.3 Å². The lowest BCUT2D eigenvalue weighted by Gasteiger charge is -2.35. The first-order valence-electron chi connectivity index (χ1n) is 8.55. The monoisotopic (exact) mass is 311 g/mol. The summed E-state index contributed by atoms with van der Waals surface area (Å²) in [5.74, 6) is 1.56. The van der Waals surface area contributed by atoms with Crippen LogP contribution in [0.4, 0.5) is 0 Å². The van der Waals surface area contributed by atoms with Crippen LogP contribution in [0.3, 0.4) is 0 Å². The van der Waals surface area contributed by atoms with E-state index in [9.17, 15) is 4.79 Å². The molecule has 1 unspecified atom stereocenters. The van der Waals surface area contributed by atoms with Crippen LogP contribution in [0.15, 0.2) is 36.5 Å². The van der Waals surface area contributed by atoms with Gasteiger partial charge < -0.3 is 9.88 Å². The molecule has 4 heteroatoms. The number of piperidine rings is 1. The standard InChI is InChI=1S/C19H25N3O/c1-14(2)12-18(23)22-11-7-6-10-17(22)19-20-13-16(21-19)15-8-4-3-5-9-15/h3-5,8-9,13-14,17H,6-7,10-12H2,1-2H3,(H,20,21). The highest BCUT2D eigenvalue weighted by molar-refractivity contribution is 5.77. The maximum absolute atomic E-state index is 12.6. The quantitative estimate of drug-likeness (QED) is 0.921. The third-order valence-electron chi connectivity index (χ3n) is 4.40. The van der Waals surface area contributed by atoms with Crippen LogP contribution in [0.5, 0.6) is 0 Å². The van der Waals surface area contributed by atoms with E-state index in [4.69, 9.17) is 0 Å². The summed E-state index contributed by atoms with van der Waals surface area (Å²) < 4.78 is 0. The molecule has 0 spiro atoms. The Hall–Kier alpha value is -2.10. The van der Waals surface area contributed by atoms with Crippen LogP contribution in [0, 0.1) is 5.92 Å². The van der Waals surface area contributed by atoms with Gasteiger partial charge >= 0.3 is 0 Å². The number of H-pyrrole nitrogens is 1. The predicted octanol–water partition coefficient (Wildman–Crippen LogP) is 4.18. The smallest absolute Gasteiger partial charge is 0.223 e. The summed E-state index contributed by atoms with van der Waals surface area (Å²) >= 11 is 0. The molecule has 1 aromatic heterocycles. The molecule has 1 aliphatic heterocycles. The van der Waals surface area contributed by atoms with Crippen LogP contribution in [-0.2, 0) is 4.79 Å². The number of likely N-dealkylation sites (tertiary alicyclic amines) is 1. The second-order valence-corrected chi connectivity index (χ2v) is 6.74.